The minimum atomic E-state index is -0.0282. The summed E-state index contributed by atoms with van der Waals surface area (Å²) in [6, 6.07) is 0. The number of ketones is 1. The molecule has 0 rings (SSSR count). The molecule has 0 spiro atoms. The fourth-order valence-corrected chi connectivity index (χ4v) is 0.393. The van der Waals surface area contributed by atoms with Crippen LogP contribution in [0.15, 0.2) is 11.6 Å². The van der Waals surface area contributed by atoms with E-state index >= 15 is 0 Å². The SMILES string of the molecule is CC(=O)/C=C(/C)CO. The molecule has 0 fully saturated rings. The lowest BCUT2D eigenvalue weighted by Gasteiger charge is -1.87. The minimum Gasteiger partial charge on any atom is -0.392 e. The topological polar surface area (TPSA) is 37.3 Å². The van der Waals surface area contributed by atoms with Crippen LogP contribution >= 0.6 is 0 Å². The highest BCUT2D eigenvalue weighted by Crippen LogP contribution is 1.88. The van der Waals surface area contributed by atoms with Crippen molar-refractivity contribution in [2.24, 2.45) is 0 Å². The van der Waals surface area contributed by atoms with E-state index in [2.05, 4.69) is 0 Å². The summed E-state index contributed by atoms with van der Waals surface area (Å²) < 4.78 is 0. The highest BCUT2D eigenvalue weighted by Gasteiger charge is 1.86. The van der Waals surface area contributed by atoms with Crippen LogP contribution in [-0.4, -0.2) is 17.5 Å². The zero-order valence-corrected chi connectivity index (χ0v) is 5.14. The van der Waals surface area contributed by atoms with Crippen LogP contribution in [0.5, 0.6) is 0 Å². The molecule has 0 radical (unpaired) electrons. The number of aliphatic hydroxyl groups is 1. The molecule has 0 heterocycles. The zero-order chi connectivity index (χ0) is 6.57. The Morgan fingerprint density at radius 3 is 2.25 bits per heavy atom. The second-order valence-corrected chi connectivity index (χ2v) is 1.76. The molecular weight excluding hydrogens is 104 g/mol. The lowest BCUT2D eigenvalue weighted by Crippen LogP contribution is -1.88. The molecule has 0 amide bonds. The molecule has 1 N–H and O–H groups in total. The molecule has 0 aliphatic heterocycles. The smallest absolute Gasteiger partial charge is 0.152 e. The Labute approximate surface area is 48.8 Å². The molecule has 0 aromatic carbocycles. The molecule has 8 heavy (non-hydrogen) atoms. The quantitative estimate of drug-likeness (QED) is 0.531. The molecule has 0 aromatic rings. The molecule has 0 aliphatic rings. The van der Waals surface area contributed by atoms with Crippen LogP contribution in [0.2, 0.25) is 0 Å². The normalized spacial score (nSPS) is 11.6. The fraction of sp³-hybridized carbons (Fsp3) is 0.500. The Morgan fingerprint density at radius 1 is 1.62 bits per heavy atom. The standard InChI is InChI=1S/C6H10O2/c1-5(4-7)3-6(2)8/h3,7H,4H2,1-2H3/b5-3-. The predicted molar refractivity (Wildman–Crippen MR) is 31.5 cm³/mol. The van der Waals surface area contributed by atoms with Crippen molar-refractivity contribution in [2.75, 3.05) is 6.61 Å². The van der Waals surface area contributed by atoms with Crippen molar-refractivity contribution in [3.8, 4) is 0 Å². The van der Waals surface area contributed by atoms with Gasteiger partial charge in [-0.1, -0.05) is 0 Å². The summed E-state index contributed by atoms with van der Waals surface area (Å²) in [5.74, 6) is -0.0171. The van der Waals surface area contributed by atoms with Crippen molar-refractivity contribution in [2.45, 2.75) is 13.8 Å². The second-order valence-electron chi connectivity index (χ2n) is 1.76. The first kappa shape index (κ1) is 7.37. The number of carbonyl (C=O) groups is 1. The molecule has 0 aromatic heterocycles. The fourth-order valence-electron chi connectivity index (χ4n) is 0.393. The van der Waals surface area contributed by atoms with Crippen molar-refractivity contribution in [1.82, 2.24) is 0 Å². The molecule has 0 bridgehead atoms. The minimum absolute atomic E-state index is 0.0171. The monoisotopic (exact) mass is 114 g/mol. The number of hydrogen-bond donors (Lipinski definition) is 1. The van der Waals surface area contributed by atoms with Gasteiger partial charge in [-0.2, -0.15) is 0 Å². The van der Waals surface area contributed by atoms with Crippen LogP contribution in [-0.2, 0) is 4.79 Å². The van der Waals surface area contributed by atoms with Crippen LogP contribution in [0.25, 0.3) is 0 Å². The molecule has 0 atom stereocenters. The third-order valence-electron chi connectivity index (χ3n) is 0.699. The van der Waals surface area contributed by atoms with Crippen molar-refractivity contribution in [3.05, 3.63) is 11.6 Å². The third kappa shape index (κ3) is 3.56. The summed E-state index contributed by atoms with van der Waals surface area (Å²) in [6.45, 7) is 3.14. The first-order valence-electron chi connectivity index (χ1n) is 2.45. The van der Waals surface area contributed by atoms with E-state index in [-0.39, 0.29) is 12.4 Å². The molecular formula is C6H10O2. The molecule has 2 nitrogen and oxygen atoms in total. The van der Waals surface area contributed by atoms with Gasteiger partial charge in [-0.15, -0.1) is 0 Å². The van der Waals surface area contributed by atoms with Gasteiger partial charge in [0.25, 0.3) is 0 Å². The number of rotatable bonds is 2. The Balaban J connectivity index is 3.75. The molecule has 0 saturated heterocycles. The van der Waals surface area contributed by atoms with Gasteiger partial charge in [0.2, 0.25) is 0 Å². The first-order valence-corrected chi connectivity index (χ1v) is 2.45. The predicted octanol–water partition coefficient (Wildman–Crippen LogP) is 0.514. The maximum absolute atomic E-state index is 10.2. The summed E-state index contributed by atoms with van der Waals surface area (Å²) in [5.41, 5.74) is 0.706. The largest absolute Gasteiger partial charge is 0.392 e. The number of carbonyl (C=O) groups excluding carboxylic acids is 1. The van der Waals surface area contributed by atoms with E-state index in [0.29, 0.717) is 5.57 Å². The molecule has 0 unspecified atom stereocenters. The Morgan fingerprint density at radius 2 is 2.12 bits per heavy atom. The average molecular weight is 114 g/mol. The molecule has 46 valence electrons. The van der Waals surface area contributed by atoms with Gasteiger partial charge < -0.3 is 5.11 Å². The van der Waals surface area contributed by atoms with Gasteiger partial charge in [0.05, 0.1) is 6.61 Å². The van der Waals surface area contributed by atoms with Crippen molar-refractivity contribution in [1.29, 1.82) is 0 Å². The van der Waals surface area contributed by atoms with E-state index in [1.54, 1.807) is 6.92 Å². The van der Waals surface area contributed by atoms with Crippen LogP contribution < -0.4 is 0 Å². The van der Waals surface area contributed by atoms with E-state index in [9.17, 15) is 4.79 Å². The number of allylic oxidation sites excluding steroid dienone is 1. The summed E-state index contributed by atoms with van der Waals surface area (Å²) in [4.78, 5) is 10.2. The van der Waals surface area contributed by atoms with Crippen LogP contribution in [0.4, 0.5) is 0 Å². The van der Waals surface area contributed by atoms with Gasteiger partial charge in [0.15, 0.2) is 5.78 Å². The maximum Gasteiger partial charge on any atom is 0.152 e. The van der Waals surface area contributed by atoms with Gasteiger partial charge in [-0.25, -0.2) is 0 Å². The second kappa shape index (κ2) is 3.38. The maximum atomic E-state index is 10.2. The Bertz CT molecular complexity index is 114. The van der Waals surface area contributed by atoms with Crippen molar-refractivity contribution < 1.29 is 9.90 Å². The zero-order valence-electron chi connectivity index (χ0n) is 5.14. The van der Waals surface area contributed by atoms with Crippen LogP contribution in [0.3, 0.4) is 0 Å². The lowest BCUT2D eigenvalue weighted by molar-refractivity contribution is -0.112. The van der Waals surface area contributed by atoms with E-state index in [1.807, 2.05) is 0 Å². The van der Waals surface area contributed by atoms with Gasteiger partial charge >= 0.3 is 0 Å². The van der Waals surface area contributed by atoms with E-state index < -0.39 is 0 Å². The van der Waals surface area contributed by atoms with Gasteiger partial charge in [0.1, 0.15) is 0 Å². The summed E-state index contributed by atoms with van der Waals surface area (Å²) in [7, 11) is 0. The van der Waals surface area contributed by atoms with Crippen molar-refractivity contribution >= 4 is 5.78 Å². The molecule has 0 aliphatic carbocycles. The van der Waals surface area contributed by atoms with Crippen molar-refractivity contribution in [3.63, 3.8) is 0 Å². The summed E-state index contributed by atoms with van der Waals surface area (Å²) >= 11 is 0. The van der Waals surface area contributed by atoms with E-state index in [1.165, 1.54) is 13.0 Å². The first-order chi connectivity index (χ1) is 3.66. The van der Waals surface area contributed by atoms with Crippen LogP contribution in [0.1, 0.15) is 13.8 Å². The summed E-state index contributed by atoms with van der Waals surface area (Å²) in [5, 5.41) is 8.36. The average Bonchev–Trinajstić information content (AvgIpc) is 1.65. The molecule has 2 heteroatoms. The Hall–Kier alpha value is -0.630. The van der Waals surface area contributed by atoms with E-state index in [0.717, 1.165) is 0 Å². The highest BCUT2D eigenvalue weighted by atomic mass is 16.3. The van der Waals surface area contributed by atoms with Crippen LogP contribution in [0, 0.1) is 0 Å². The molecule has 0 saturated carbocycles. The third-order valence-corrected chi connectivity index (χ3v) is 0.699. The lowest BCUT2D eigenvalue weighted by atomic mass is 10.2. The number of aliphatic hydroxyl groups excluding tert-OH is 1. The Kier molecular flexibility index (Phi) is 3.12. The van der Waals surface area contributed by atoms with E-state index in [4.69, 9.17) is 5.11 Å². The number of hydrogen-bond acceptors (Lipinski definition) is 2. The highest BCUT2D eigenvalue weighted by molar-refractivity contribution is 5.87. The van der Waals surface area contributed by atoms with Gasteiger partial charge in [0, 0.05) is 0 Å². The van der Waals surface area contributed by atoms with Gasteiger partial charge in [-0.3, -0.25) is 4.79 Å². The van der Waals surface area contributed by atoms with Gasteiger partial charge in [-0.05, 0) is 25.5 Å². The summed E-state index contributed by atoms with van der Waals surface area (Å²) in [6.07, 6.45) is 1.42.